The van der Waals surface area contributed by atoms with Crippen molar-refractivity contribution in [1.82, 2.24) is 5.32 Å². The number of hydrogen-bond donors (Lipinski definition) is 2. The molecule has 0 saturated heterocycles. The van der Waals surface area contributed by atoms with E-state index in [1.807, 2.05) is 0 Å². The van der Waals surface area contributed by atoms with E-state index in [9.17, 15) is 4.79 Å². The Morgan fingerprint density at radius 2 is 2.21 bits per heavy atom. The summed E-state index contributed by atoms with van der Waals surface area (Å²) in [5.74, 6) is 0.378. The highest BCUT2D eigenvalue weighted by Crippen LogP contribution is 2.22. The Bertz CT molecular complexity index is 425. The van der Waals surface area contributed by atoms with Crippen LogP contribution < -0.4 is 10.1 Å². The first-order valence-corrected chi connectivity index (χ1v) is 6.20. The predicted octanol–water partition coefficient (Wildman–Crippen LogP) is 1.01. The number of nitrogens with one attached hydrogen (secondary N) is 1. The number of aliphatic hydroxyl groups excluding tert-OH is 1. The minimum Gasteiger partial charge on any atom is -0.496 e. The fourth-order valence-electron chi connectivity index (χ4n) is 1.68. The number of rotatable bonds is 7. The van der Waals surface area contributed by atoms with E-state index >= 15 is 0 Å². The van der Waals surface area contributed by atoms with Crippen LogP contribution in [0, 0.1) is 0 Å². The second-order valence-corrected chi connectivity index (χ2v) is 4.47. The van der Waals surface area contributed by atoms with Crippen LogP contribution in [0.3, 0.4) is 0 Å². The van der Waals surface area contributed by atoms with Gasteiger partial charge in [0.2, 0.25) is 5.91 Å². The molecular weight excluding hydrogens is 270 g/mol. The molecule has 1 aromatic carbocycles. The Morgan fingerprint density at radius 1 is 1.47 bits per heavy atom. The molecule has 0 aliphatic rings. The first kappa shape index (κ1) is 15.8. The van der Waals surface area contributed by atoms with Gasteiger partial charge in [0.05, 0.1) is 32.8 Å². The van der Waals surface area contributed by atoms with E-state index in [2.05, 4.69) is 5.32 Å². The fourth-order valence-corrected chi connectivity index (χ4v) is 1.87. The van der Waals surface area contributed by atoms with Gasteiger partial charge < -0.3 is 19.9 Å². The number of carbonyl (C=O) groups excluding carboxylic acids is 1. The van der Waals surface area contributed by atoms with Crippen LogP contribution in [0.5, 0.6) is 5.75 Å². The van der Waals surface area contributed by atoms with Crippen molar-refractivity contribution < 1.29 is 19.4 Å². The van der Waals surface area contributed by atoms with Crippen LogP contribution in [0.2, 0.25) is 5.02 Å². The van der Waals surface area contributed by atoms with Gasteiger partial charge in [-0.05, 0) is 18.2 Å². The number of ether oxygens (including phenoxy) is 2. The molecule has 0 radical (unpaired) electrons. The highest BCUT2D eigenvalue weighted by Gasteiger charge is 2.14. The third-order valence-electron chi connectivity index (χ3n) is 2.55. The van der Waals surface area contributed by atoms with Crippen molar-refractivity contribution in [2.75, 3.05) is 27.4 Å². The second kappa shape index (κ2) is 7.99. The summed E-state index contributed by atoms with van der Waals surface area (Å²) >= 11 is 5.89. The first-order chi connectivity index (χ1) is 9.10. The summed E-state index contributed by atoms with van der Waals surface area (Å²) in [5.41, 5.74) is 0.696. The van der Waals surface area contributed by atoms with Gasteiger partial charge in [-0.15, -0.1) is 0 Å². The van der Waals surface area contributed by atoms with Gasteiger partial charge in [0.1, 0.15) is 5.75 Å². The van der Waals surface area contributed by atoms with Crippen molar-refractivity contribution in [1.29, 1.82) is 0 Å². The molecule has 0 heterocycles. The molecule has 1 atom stereocenters. The molecule has 0 bridgehead atoms. The molecule has 1 amide bonds. The van der Waals surface area contributed by atoms with E-state index in [0.29, 0.717) is 16.3 Å². The smallest absolute Gasteiger partial charge is 0.224 e. The van der Waals surface area contributed by atoms with Gasteiger partial charge in [-0.3, -0.25) is 4.79 Å². The van der Waals surface area contributed by atoms with E-state index < -0.39 is 6.04 Å². The zero-order valence-corrected chi connectivity index (χ0v) is 11.7. The average Bonchev–Trinajstić information content (AvgIpc) is 2.38. The molecule has 19 heavy (non-hydrogen) atoms. The van der Waals surface area contributed by atoms with Crippen molar-refractivity contribution >= 4 is 17.5 Å². The minimum absolute atomic E-state index is 0.129. The number of carbonyl (C=O) groups is 1. The zero-order valence-electron chi connectivity index (χ0n) is 11.0. The summed E-state index contributed by atoms with van der Waals surface area (Å²) in [5, 5.41) is 12.3. The average molecular weight is 288 g/mol. The lowest BCUT2D eigenvalue weighted by molar-refractivity contribution is -0.121. The summed E-state index contributed by atoms with van der Waals surface area (Å²) in [6.45, 7) is 0.0845. The van der Waals surface area contributed by atoms with Crippen molar-refractivity contribution in [2.24, 2.45) is 0 Å². The highest BCUT2D eigenvalue weighted by molar-refractivity contribution is 6.30. The van der Waals surface area contributed by atoms with Gasteiger partial charge in [0, 0.05) is 17.7 Å². The SMILES string of the molecule is COCC(CO)NC(=O)Cc1cc(Cl)ccc1OC. The largest absolute Gasteiger partial charge is 0.496 e. The number of halogens is 1. The summed E-state index contributed by atoms with van der Waals surface area (Å²) in [7, 11) is 3.04. The molecule has 0 saturated carbocycles. The van der Waals surface area contributed by atoms with E-state index in [1.165, 1.54) is 14.2 Å². The van der Waals surface area contributed by atoms with Gasteiger partial charge in [0.15, 0.2) is 0 Å². The minimum atomic E-state index is -0.414. The van der Waals surface area contributed by atoms with Gasteiger partial charge in [-0.25, -0.2) is 0 Å². The topological polar surface area (TPSA) is 67.8 Å². The van der Waals surface area contributed by atoms with Gasteiger partial charge in [-0.2, -0.15) is 0 Å². The highest BCUT2D eigenvalue weighted by atomic mass is 35.5. The van der Waals surface area contributed by atoms with Crippen LogP contribution in [0.4, 0.5) is 0 Å². The molecule has 0 aromatic heterocycles. The lowest BCUT2D eigenvalue weighted by Crippen LogP contribution is -2.41. The van der Waals surface area contributed by atoms with E-state index in [0.717, 1.165) is 0 Å². The van der Waals surface area contributed by atoms with Gasteiger partial charge in [0.25, 0.3) is 0 Å². The summed E-state index contributed by atoms with van der Waals surface area (Å²) in [6, 6.07) is 4.68. The first-order valence-electron chi connectivity index (χ1n) is 5.82. The predicted molar refractivity (Wildman–Crippen MR) is 72.6 cm³/mol. The van der Waals surface area contributed by atoms with Crippen molar-refractivity contribution in [2.45, 2.75) is 12.5 Å². The molecule has 0 aliphatic carbocycles. The molecule has 6 heteroatoms. The number of amides is 1. The van der Waals surface area contributed by atoms with Crippen LogP contribution in [-0.4, -0.2) is 44.5 Å². The zero-order chi connectivity index (χ0) is 14.3. The van der Waals surface area contributed by atoms with Crippen molar-refractivity contribution in [3.63, 3.8) is 0 Å². The number of hydrogen-bond acceptors (Lipinski definition) is 4. The summed E-state index contributed by atoms with van der Waals surface area (Å²) in [6.07, 6.45) is 0.129. The second-order valence-electron chi connectivity index (χ2n) is 4.04. The molecular formula is C13H18ClNO4. The Morgan fingerprint density at radius 3 is 2.79 bits per heavy atom. The van der Waals surface area contributed by atoms with E-state index in [-0.39, 0.29) is 25.5 Å². The molecule has 106 valence electrons. The Labute approximate surface area is 117 Å². The van der Waals surface area contributed by atoms with Gasteiger partial charge >= 0.3 is 0 Å². The molecule has 1 aromatic rings. The lowest BCUT2D eigenvalue weighted by atomic mass is 10.1. The maximum atomic E-state index is 11.9. The maximum absolute atomic E-state index is 11.9. The van der Waals surface area contributed by atoms with Crippen molar-refractivity contribution in [3.05, 3.63) is 28.8 Å². The quantitative estimate of drug-likeness (QED) is 0.785. The summed E-state index contributed by atoms with van der Waals surface area (Å²) in [4.78, 5) is 11.9. The van der Waals surface area contributed by atoms with E-state index in [1.54, 1.807) is 18.2 Å². The number of methoxy groups -OCH3 is 2. The third kappa shape index (κ3) is 5.06. The third-order valence-corrected chi connectivity index (χ3v) is 2.78. The fraction of sp³-hybridized carbons (Fsp3) is 0.462. The van der Waals surface area contributed by atoms with Crippen LogP contribution in [0.1, 0.15) is 5.56 Å². The molecule has 0 spiro atoms. The number of benzene rings is 1. The molecule has 1 unspecified atom stereocenters. The van der Waals surface area contributed by atoms with Crippen molar-refractivity contribution in [3.8, 4) is 5.75 Å². The van der Waals surface area contributed by atoms with E-state index in [4.69, 9.17) is 26.2 Å². The monoisotopic (exact) mass is 287 g/mol. The Hall–Kier alpha value is -1.30. The molecule has 0 fully saturated rings. The molecule has 5 nitrogen and oxygen atoms in total. The van der Waals surface area contributed by atoms with Crippen LogP contribution in [0.15, 0.2) is 18.2 Å². The van der Waals surface area contributed by atoms with Crippen LogP contribution >= 0.6 is 11.6 Å². The van der Waals surface area contributed by atoms with Gasteiger partial charge in [-0.1, -0.05) is 11.6 Å². The molecule has 0 aliphatic heterocycles. The van der Waals surface area contributed by atoms with Crippen LogP contribution in [-0.2, 0) is 16.0 Å². The van der Waals surface area contributed by atoms with Crippen LogP contribution in [0.25, 0.3) is 0 Å². The normalized spacial score (nSPS) is 12.0. The molecule has 1 rings (SSSR count). The number of aliphatic hydroxyl groups is 1. The Balaban J connectivity index is 2.68. The molecule has 2 N–H and O–H groups in total. The Kier molecular flexibility index (Phi) is 6.62. The lowest BCUT2D eigenvalue weighted by Gasteiger charge is -2.16. The summed E-state index contributed by atoms with van der Waals surface area (Å²) < 4.78 is 10.1. The maximum Gasteiger partial charge on any atom is 0.224 e. The standard InChI is InChI=1S/C13H18ClNO4/c1-18-8-11(7-16)15-13(17)6-9-5-10(14)3-4-12(9)19-2/h3-5,11,16H,6-8H2,1-2H3,(H,15,17).